The Bertz CT molecular complexity index is 575. The van der Waals surface area contributed by atoms with Crippen LogP contribution in [-0.4, -0.2) is 4.57 Å². The molecule has 2 N–H and O–H groups in total. The van der Waals surface area contributed by atoms with Gasteiger partial charge in [-0.1, -0.05) is 22.9 Å². The lowest BCUT2D eigenvalue weighted by Gasteiger charge is -2.01. The molecule has 1 aromatic carbocycles. The van der Waals surface area contributed by atoms with Crippen molar-refractivity contribution in [2.24, 2.45) is 7.05 Å². The van der Waals surface area contributed by atoms with Crippen molar-refractivity contribution < 1.29 is 4.39 Å². The second-order valence-corrected chi connectivity index (χ2v) is 4.23. The third kappa shape index (κ3) is 1.13. The Hall–Kier alpha value is -1.07. The molecule has 74 valence electrons. The van der Waals surface area contributed by atoms with E-state index in [0.29, 0.717) is 10.2 Å². The molecule has 0 aliphatic rings. The van der Waals surface area contributed by atoms with Crippen LogP contribution in [0.4, 0.5) is 10.1 Å². The number of anilines is 1. The molecule has 2 aromatic rings. The van der Waals surface area contributed by atoms with E-state index in [0.717, 1.165) is 17.4 Å². The maximum atomic E-state index is 13.1. The smallest absolute Gasteiger partial charge is 0.308 e. The van der Waals surface area contributed by atoms with E-state index >= 15 is 0 Å². The summed E-state index contributed by atoms with van der Waals surface area (Å²) in [7, 11) is 1.57. The van der Waals surface area contributed by atoms with Gasteiger partial charge in [-0.05, 0) is 6.07 Å². The molecule has 0 radical (unpaired) electrons. The minimum absolute atomic E-state index is 0.0212. The number of nitrogens with two attached hydrogens (primary N) is 1. The standard InChI is InChI=1S/C8H6ClFN2OS/c1-12-6-3(9)2-4(10)5(11)7(6)14-8(12)13/h2H,11H2,1H3. The highest BCUT2D eigenvalue weighted by Crippen LogP contribution is 2.31. The van der Waals surface area contributed by atoms with Crippen LogP contribution in [0.2, 0.25) is 5.02 Å². The van der Waals surface area contributed by atoms with Crippen molar-refractivity contribution in [2.45, 2.75) is 0 Å². The van der Waals surface area contributed by atoms with E-state index in [-0.39, 0.29) is 15.6 Å². The third-order valence-electron chi connectivity index (χ3n) is 2.00. The fraction of sp³-hybridized carbons (Fsp3) is 0.125. The zero-order valence-electron chi connectivity index (χ0n) is 7.17. The average molecular weight is 233 g/mol. The number of benzene rings is 1. The summed E-state index contributed by atoms with van der Waals surface area (Å²) in [5.41, 5.74) is 5.96. The lowest BCUT2D eigenvalue weighted by Crippen LogP contribution is -2.06. The Balaban J connectivity index is 3.09. The minimum Gasteiger partial charge on any atom is -0.395 e. The fourth-order valence-electron chi connectivity index (χ4n) is 1.26. The molecule has 0 aliphatic heterocycles. The summed E-state index contributed by atoms with van der Waals surface area (Å²) in [4.78, 5) is 11.1. The Morgan fingerprint density at radius 3 is 2.93 bits per heavy atom. The fourth-order valence-corrected chi connectivity index (χ4v) is 2.59. The first-order chi connectivity index (χ1) is 6.52. The number of aryl methyl sites for hydroxylation is 1. The van der Waals surface area contributed by atoms with E-state index in [1.165, 1.54) is 4.57 Å². The molecule has 0 amide bonds. The van der Waals surface area contributed by atoms with Gasteiger partial charge < -0.3 is 10.3 Å². The first-order valence-electron chi connectivity index (χ1n) is 3.75. The number of halogens is 2. The number of nitrogens with zero attached hydrogens (tertiary/aromatic N) is 1. The lowest BCUT2D eigenvalue weighted by atomic mass is 10.3. The van der Waals surface area contributed by atoms with E-state index in [1.807, 2.05) is 0 Å². The molecular formula is C8H6ClFN2OS. The van der Waals surface area contributed by atoms with Crippen LogP contribution in [-0.2, 0) is 7.05 Å². The van der Waals surface area contributed by atoms with Gasteiger partial charge in [0.25, 0.3) is 0 Å². The molecule has 0 fully saturated rings. The monoisotopic (exact) mass is 232 g/mol. The topological polar surface area (TPSA) is 48.0 Å². The summed E-state index contributed by atoms with van der Waals surface area (Å²) in [5.74, 6) is -0.593. The van der Waals surface area contributed by atoms with E-state index in [4.69, 9.17) is 17.3 Å². The highest BCUT2D eigenvalue weighted by Gasteiger charge is 2.14. The summed E-state index contributed by atoms with van der Waals surface area (Å²) in [5, 5.41) is 0.201. The predicted octanol–water partition coefficient (Wildman–Crippen LogP) is 1.97. The van der Waals surface area contributed by atoms with E-state index in [9.17, 15) is 9.18 Å². The molecule has 0 aliphatic carbocycles. The van der Waals surface area contributed by atoms with E-state index < -0.39 is 5.82 Å². The van der Waals surface area contributed by atoms with Crippen molar-refractivity contribution in [2.75, 3.05) is 5.73 Å². The van der Waals surface area contributed by atoms with Crippen molar-refractivity contribution in [3.8, 4) is 0 Å². The molecule has 0 spiro atoms. The first kappa shape index (κ1) is 9.48. The highest BCUT2D eigenvalue weighted by atomic mass is 35.5. The van der Waals surface area contributed by atoms with Crippen LogP contribution in [0.1, 0.15) is 0 Å². The minimum atomic E-state index is -0.593. The number of nitrogen functional groups attached to an aromatic ring is 1. The molecule has 14 heavy (non-hydrogen) atoms. The van der Waals surface area contributed by atoms with Gasteiger partial charge in [0, 0.05) is 7.05 Å². The number of fused-ring (bicyclic) bond motifs is 1. The second kappa shape index (κ2) is 2.96. The Kier molecular flexibility index (Phi) is 2.01. The highest BCUT2D eigenvalue weighted by molar-refractivity contribution is 7.17. The molecular weight excluding hydrogens is 227 g/mol. The number of thiazole rings is 1. The molecule has 0 bridgehead atoms. The predicted molar refractivity (Wildman–Crippen MR) is 56.4 cm³/mol. The van der Waals surface area contributed by atoms with Crippen LogP contribution in [0.15, 0.2) is 10.9 Å². The van der Waals surface area contributed by atoms with Crippen molar-refractivity contribution in [3.63, 3.8) is 0 Å². The Morgan fingerprint density at radius 2 is 2.29 bits per heavy atom. The number of hydrogen-bond acceptors (Lipinski definition) is 3. The van der Waals surface area contributed by atoms with Gasteiger partial charge >= 0.3 is 4.87 Å². The van der Waals surface area contributed by atoms with Gasteiger partial charge in [0.15, 0.2) is 0 Å². The van der Waals surface area contributed by atoms with E-state index in [1.54, 1.807) is 7.05 Å². The molecule has 0 atom stereocenters. The molecule has 1 heterocycles. The lowest BCUT2D eigenvalue weighted by molar-refractivity contribution is 0.634. The van der Waals surface area contributed by atoms with Crippen LogP contribution < -0.4 is 10.6 Å². The summed E-state index contributed by atoms with van der Waals surface area (Å²) in [6.45, 7) is 0. The van der Waals surface area contributed by atoms with Gasteiger partial charge in [-0.25, -0.2) is 4.39 Å². The van der Waals surface area contributed by atoms with Crippen LogP contribution in [0.3, 0.4) is 0 Å². The zero-order valence-corrected chi connectivity index (χ0v) is 8.75. The third-order valence-corrected chi connectivity index (χ3v) is 3.35. The largest absolute Gasteiger partial charge is 0.395 e. The molecule has 6 heteroatoms. The number of aromatic nitrogens is 1. The quantitative estimate of drug-likeness (QED) is 0.706. The normalized spacial score (nSPS) is 11.1. The SMILES string of the molecule is Cn1c(=O)sc2c(N)c(F)cc(Cl)c21. The van der Waals surface area contributed by atoms with Gasteiger partial charge in [0.1, 0.15) is 5.82 Å². The summed E-state index contributed by atoms with van der Waals surface area (Å²) >= 11 is 6.70. The maximum Gasteiger partial charge on any atom is 0.308 e. The molecule has 3 nitrogen and oxygen atoms in total. The van der Waals surface area contributed by atoms with E-state index in [2.05, 4.69) is 0 Å². The van der Waals surface area contributed by atoms with Gasteiger partial charge in [0.2, 0.25) is 0 Å². The van der Waals surface area contributed by atoms with Gasteiger partial charge in [0.05, 0.1) is 20.9 Å². The van der Waals surface area contributed by atoms with Crippen molar-refractivity contribution in [3.05, 3.63) is 26.6 Å². The molecule has 2 rings (SSSR count). The summed E-state index contributed by atoms with van der Waals surface area (Å²) < 4.78 is 14.9. The second-order valence-electron chi connectivity index (χ2n) is 2.86. The molecule has 0 unspecified atom stereocenters. The van der Waals surface area contributed by atoms with Gasteiger partial charge in [-0.3, -0.25) is 4.79 Å². The molecule has 1 aromatic heterocycles. The zero-order chi connectivity index (χ0) is 10.5. The Labute approximate surface area is 87.5 Å². The summed E-state index contributed by atoms with van der Waals surface area (Å²) in [6, 6.07) is 1.12. The van der Waals surface area contributed by atoms with Crippen LogP contribution >= 0.6 is 22.9 Å². The summed E-state index contributed by atoms with van der Waals surface area (Å²) in [6.07, 6.45) is 0. The first-order valence-corrected chi connectivity index (χ1v) is 4.95. The van der Waals surface area contributed by atoms with Gasteiger partial charge in [-0.2, -0.15) is 0 Å². The number of rotatable bonds is 0. The maximum absolute atomic E-state index is 13.1. The van der Waals surface area contributed by atoms with Gasteiger partial charge in [-0.15, -0.1) is 0 Å². The average Bonchev–Trinajstić information content (AvgIpc) is 2.40. The van der Waals surface area contributed by atoms with Crippen LogP contribution in [0.25, 0.3) is 10.2 Å². The Morgan fingerprint density at radius 1 is 1.64 bits per heavy atom. The number of hydrogen-bond donors (Lipinski definition) is 1. The van der Waals surface area contributed by atoms with Crippen LogP contribution in [0, 0.1) is 5.82 Å². The van der Waals surface area contributed by atoms with Crippen molar-refractivity contribution in [1.82, 2.24) is 4.57 Å². The molecule has 0 saturated heterocycles. The van der Waals surface area contributed by atoms with Crippen LogP contribution in [0.5, 0.6) is 0 Å². The van der Waals surface area contributed by atoms with Crippen molar-refractivity contribution >= 4 is 38.8 Å². The van der Waals surface area contributed by atoms with Crippen molar-refractivity contribution in [1.29, 1.82) is 0 Å². The molecule has 0 saturated carbocycles.